The van der Waals surface area contributed by atoms with E-state index >= 15 is 0 Å². The van der Waals surface area contributed by atoms with Gasteiger partial charge < -0.3 is 0 Å². The summed E-state index contributed by atoms with van der Waals surface area (Å²) in [5, 5.41) is 0. The third-order valence-electron chi connectivity index (χ3n) is 2.62. The van der Waals surface area contributed by atoms with Crippen molar-refractivity contribution >= 4 is 5.97 Å². The SMILES string of the molecule is [CH2]CCCC[CH]OOC(=O)c1ccc(C)cc1C. The normalized spacial score (nSPS) is 10.4. The van der Waals surface area contributed by atoms with Crippen LogP contribution in [-0.2, 0) is 9.78 Å². The first-order chi connectivity index (χ1) is 8.65. The molecule has 0 amide bonds. The van der Waals surface area contributed by atoms with Crippen molar-refractivity contribution in [1.29, 1.82) is 0 Å². The number of carbonyl (C=O) groups is 1. The molecule has 1 rings (SSSR count). The molecular weight excluding hydrogens is 228 g/mol. The van der Waals surface area contributed by atoms with Crippen LogP contribution in [-0.4, -0.2) is 5.97 Å². The van der Waals surface area contributed by atoms with Gasteiger partial charge >= 0.3 is 5.97 Å². The topological polar surface area (TPSA) is 35.5 Å². The fraction of sp³-hybridized carbons (Fsp3) is 0.400. The molecule has 1 aromatic carbocycles. The molecule has 0 aliphatic rings. The van der Waals surface area contributed by atoms with Gasteiger partial charge in [0.15, 0.2) is 0 Å². The molecule has 98 valence electrons. The van der Waals surface area contributed by atoms with Gasteiger partial charge in [0, 0.05) is 0 Å². The molecule has 1 aromatic rings. The standard InChI is InChI=1S/C15H20O3/c1-4-5-6-7-10-17-18-15(16)14-9-8-12(2)11-13(14)3/h8-11H,1,4-7H2,2-3H3. The van der Waals surface area contributed by atoms with Crippen LogP contribution in [0.2, 0.25) is 0 Å². The van der Waals surface area contributed by atoms with Crippen LogP contribution in [0.25, 0.3) is 0 Å². The largest absolute Gasteiger partial charge is 0.373 e. The Hall–Kier alpha value is -1.35. The van der Waals surface area contributed by atoms with Crippen LogP contribution in [0, 0.1) is 27.4 Å². The molecule has 0 heterocycles. The maximum atomic E-state index is 11.7. The number of benzene rings is 1. The van der Waals surface area contributed by atoms with E-state index in [1.54, 1.807) is 6.07 Å². The average molecular weight is 248 g/mol. The van der Waals surface area contributed by atoms with Crippen molar-refractivity contribution in [3.8, 4) is 0 Å². The Balaban J connectivity index is 2.32. The number of carbonyl (C=O) groups excluding carboxylic acids is 1. The summed E-state index contributed by atoms with van der Waals surface area (Å²) >= 11 is 0. The predicted molar refractivity (Wildman–Crippen MR) is 70.5 cm³/mol. The lowest BCUT2D eigenvalue weighted by Crippen LogP contribution is -2.07. The van der Waals surface area contributed by atoms with Gasteiger partial charge in [-0.25, -0.2) is 4.79 Å². The fourth-order valence-corrected chi connectivity index (χ4v) is 1.62. The molecule has 0 unspecified atom stereocenters. The van der Waals surface area contributed by atoms with Gasteiger partial charge in [0.25, 0.3) is 0 Å². The van der Waals surface area contributed by atoms with Crippen LogP contribution in [0.5, 0.6) is 0 Å². The zero-order chi connectivity index (χ0) is 13.4. The molecule has 0 aromatic heterocycles. The molecule has 0 bridgehead atoms. The van der Waals surface area contributed by atoms with Gasteiger partial charge in [-0.15, -0.1) is 0 Å². The van der Waals surface area contributed by atoms with E-state index in [0.29, 0.717) is 5.56 Å². The Morgan fingerprint density at radius 3 is 2.78 bits per heavy atom. The third kappa shape index (κ3) is 4.88. The monoisotopic (exact) mass is 248 g/mol. The Morgan fingerprint density at radius 1 is 1.33 bits per heavy atom. The summed E-state index contributed by atoms with van der Waals surface area (Å²) in [6.07, 6.45) is 3.71. The van der Waals surface area contributed by atoms with E-state index in [0.717, 1.165) is 36.8 Å². The average Bonchev–Trinajstić information content (AvgIpc) is 2.33. The third-order valence-corrected chi connectivity index (χ3v) is 2.62. The summed E-state index contributed by atoms with van der Waals surface area (Å²) < 4.78 is 0. The van der Waals surface area contributed by atoms with E-state index in [2.05, 4.69) is 6.92 Å². The zero-order valence-electron chi connectivity index (χ0n) is 11.1. The van der Waals surface area contributed by atoms with Crippen LogP contribution >= 0.6 is 0 Å². The molecule has 0 spiro atoms. The molecule has 0 N–H and O–H groups in total. The number of aryl methyl sites for hydroxylation is 2. The first-order valence-corrected chi connectivity index (χ1v) is 6.21. The predicted octanol–water partition coefficient (Wildman–Crippen LogP) is 3.95. The van der Waals surface area contributed by atoms with Gasteiger partial charge in [-0.2, -0.15) is 4.89 Å². The van der Waals surface area contributed by atoms with Crippen molar-refractivity contribution in [2.45, 2.75) is 39.5 Å². The first-order valence-electron chi connectivity index (χ1n) is 6.21. The zero-order valence-corrected chi connectivity index (χ0v) is 11.1. The van der Waals surface area contributed by atoms with E-state index in [9.17, 15) is 4.79 Å². The van der Waals surface area contributed by atoms with Crippen LogP contribution in [0.4, 0.5) is 0 Å². The highest BCUT2D eigenvalue weighted by Gasteiger charge is 2.11. The molecular formula is C15H20O3. The molecule has 0 aliphatic carbocycles. The molecule has 0 atom stereocenters. The first kappa shape index (κ1) is 14.7. The number of unbranched alkanes of at least 4 members (excludes halogenated alkanes) is 3. The van der Waals surface area contributed by atoms with E-state index in [-0.39, 0.29) is 0 Å². The molecule has 2 radical (unpaired) electrons. The maximum absolute atomic E-state index is 11.7. The highest BCUT2D eigenvalue weighted by Crippen LogP contribution is 2.12. The van der Waals surface area contributed by atoms with E-state index in [4.69, 9.17) is 9.78 Å². The van der Waals surface area contributed by atoms with Crippen molar-refractivity contribution in [3.05, 3.63) is 48.4 Å². The molecule has 18 heavy (non-hydrogen) atoms. The van der Waals surface area contributed by atoms with Crippen molar-refractivity contribution < 1.29 is 14.6 Å². The Kier molecular flexibility index (Phi) is 6.44. The maximum Gasteiger partial charge on any atom is 0.373 e. The minimum absolute atomic E-state index is 0.457. The van der Waals surface area contributed by atoms with Gasteiger partial charge in [0.2, 0.25) is 0 Å². The molecule has 0 fully saturated rings. The van der Waals surface area contributed by atoms with Crippen LogP contribution in [0.1, 0.15) is 47.2 Å². The number of rotatable bonds is 7. The van der Waals surface area contributed by atoms with Gasteiger partial charge in [-0.3, -0.25) is 4.89 Å². The number of hydrogen-bond acceptors (Lipinski definition) is 3. The molecule has 0 aliphatic heterocycles. The summed E-state index contributed by atoms with van der Waals surface area (Å²) in [5.74, 6) is -0.457. The molecule has 3 heteroatoms. The second-order valence-corrected chi connectivity index (χ2v) is 4.30. The lowest BCUT2D eigenvalue weighted by Gasteiger charge is -2.06. The van der Waals surface area contributed by atoms with Crippen LogP contribution < -0.4 is 0 Å². The van der Waals surface area contributed by atoms with E-state index < -0.39 is 5.97 Å². The van der Waals surface area contributed by atoms with Crippen LogP contribution in [0.15, 0.2) is 18.2 Å². The summed E-state index contributed by atoms with van der Waals surface area (Å²) in [6, 6.07) is 5.56. The summed E-state index contributed by atoms with van der Waals surface area (Å²) in [6.45, 7) is 9.12. The summed E-state index contributed by atoms with van der Waals surface area (Å²) in [7, 11) is 0. The van der Waals surface area contributed by atoms with Crippen LogP contribution in [0.3, 0.4) is 0 Å². The minimum atomic E-state index is -0.457. The second kappa shape index (κ2) is 7.88. The Morgan fingerprint density at radius 2 is 2.11 bits per heavy atom. The minimum Gasteiger partial charge on any atom is -0.292 e. The Bertz CT molecular complexity index is 385. The Labute approximate surface area is 109 Å². The number of hydrogen-bond donors (Lipinski definition) is 0. The molecule has 0 saturated heterocycles. The quantitative estimate of drug-likeness (QED) is 0.416. The van der Waals surface area contributed by atoms with Gasteiger partial charge in [0.05, 0.1) is 5.56 Å². The second-order valence-electron chi connectivity index (χ2n) is 4.30. The van der Waals surface area contributed by atoms with Crippen molar-refractivity contribution in [2.75, 3.05) is 0 Å². The van der Waals surface area contributed by atoms with Gasteiger partial charge in [-0.05, 0) is 31.9 Å². The molecule has 3 nitrogen and oxygen atoms in total. The van der Waals surface area contributed by atoms with Crippen molar-refractivity contribution in [1.82, 2.24) is 0 Å². The van der Waals surface area contributed by atoms with Gasteiger partial charge in [0.1, 0.15) is 6.61 Å². The molecule has 0 saturated carbocycles. The smallest absolute Gasteiger partial charge is 0.292 e. The summed E-state index contributed by atoms with van der Waals surface area (Å²) in [5.41, 5.74) is 2.54. The lowest BCUT2D eigenvalue weighted by atomic mass is 10.1. The van der Waals surface area contributed by atoms with E-state index in [1.807, 2.05) is 26.0 Å². The van der Waals surface area contributed by atoms with Crippen molar-refractivity contribution in [3.63, 3.8) is 0 Å². The summed E-state index contributed by atoms with van der Waals surface area (Å²) in [4.78, 5) is 21.2. The lowest BCUT2D eigenvalue weighted by molar-refractivity contribution is -0.213. The highest BCUT2D eigenvalue weighted by molar-refractivity contribution is 5.90. The van der Waals surface area contributed by atoms with Gasteiger partial charge in [-0.1, -0.05) is 43.9 Å². The fourth-order valence-electron chi connectivity index (χ4n) is 1.62. The highest BCUT2D eigenvalue weighted by atomic mass is 17.2. The van der Waals surface area contributed by atoms with E-state index in [1.165, 1.54) is 6.61 Å². The van der Waals surface area contributed by atoms with Crippen molar-refractivity contribution in [2.24, 2.45) is 0 Å².